The van der Waals surface area contributed by atoms with Crippen molar-refractivity contribution >= 4 is 11.9 Å². The molecule has 1 amide bonds. The molecule has 1 atom stereocenters. The predicted octanol–water partition coefficient (Wildman–Crippen LogP) is 1.27. The van der Waals surface area contributed by atoms with Crippen LogP contribution in [-0.4, -0.2) is 36.2 Å². The summed E-state index contributed by atoms with van der Waals surface area (Å²) in [4.78, 5) is 22.5. The number of carbonyl (C=O) groups is 2. The van der Waals surface area contributed by atoms with Gasteiger partial charge < -0.3 is 15.2 Å². The highest BCUT2D eigenvalue weighted by atomic mass is 16.5. The van der Waals surface area contributed by atoms with Crippen molar-refractivity contribution in [3.8, 4) is 0 Å². The molecule has 5 heteroatoms. The van der Waals surface area contributed by atoms with E-state index >= 15 is 0 Å². The van der Waals surface area contributed by atoms with Crippen molar-refractivity contribution in [1.82, 2.24) is 5.32 Å². The van der Waals surface area contributed by atoms with Gasteiger partial charge in [-0.25, -0.2) is 0 Å². The molecular weight excluding hydrogens is 222 g/mol. The lowest BCUT2D eigenvalue weighted by Gasteiger charge is -2.23. The summed E-state index contributed by atoms with van der Waals surface area (Å²) in [5, 5.41) is 11.6. The summed E-state index contributed by atoms with van der Waals surface area (Å²) in [6.07, 6.45) is 0.216. The first kappa shape index (κ1) is 15.9. The van der Waals surface area contributed by atoms with Gasteiger partial charge in [-0.2, -0.15) is 0 Å². The number of aliphatic carboxylic acids is 1. The lowest BCUT2D eigenvalue weighted by molar-refractivity contribution is -0.143. The summed E-state index contributed by atoms with van der Waals surface area (Å²) in [5.41, 5.74) is -0.527. The molecule has 17 heavy (non-hydrogen) atoms. The summed E-state index contributed by atoms with van der Waals surface area (Å²) in [7, 11) is 1.54. The van der Waals surface area contributed by atoms with Crippen molar-refractivity contribution in [2.24, 2.45) is 11.8 Å². The smallest absolute Gasteiger partial charge is 0.308 e. The van der Waals surface area contributed by atoms with E-state index < -0.39 is 17.5 Å². The molecule has 2 N–H and O–H groups in total. The molecule has 0 aliphatic rings. The molecule has 0 aliphatic carbocycles. The number of carboxylic acids is 1. The first-order valence-electron chi connectivity index (χ1n) is 5.74. The van der Waals surface area contributed by atoms with Crippen LogP contribution in [0.3, 0.4) is 0 Å². The van der Waals surface area contributed by atoms with Crippen LogP contribution in [0.25, 0.3) is 0 Å². The minimum Gasteiger partial charge on any atom is -0.481 e. The number of rotatable bonds is 7. The van der Waals surface area contributed by atoms with Gasteiger partial charge in [-0.1, -0.05) is 13.8 Å². The molecule has 0 bridgehead atoms. The van der Waals surface area contributed by atoms with Crippen LogP contribution in [0.5, 0.6) is 0 Å². The summed E-state index contributed by atoms with van der Waals surface area (Å²) in [5.74, 6) is -1.64. The molecule has 0 fully saturated rings. The molecule has 0 saturated carbocycles. The van der Waals surface area contributed by atoms with E-state index in [4.69, 9.17) is 9.84 Å². The largest absolute Gasteiger partial charge is 0.481 e. The molecule has 5 nitrogen and oxygen atoms in total. The first-order chi connectivity index (χ1) is 7.69. The third-order valence-corrected chi connectivity index (χ3v) is 2.78. The van der Waals surface area contributed by atoms with Gasteiger partial charge >= 0.3 is 5.97 Å². The average molecular weight is 245 g/mol. The molecule has 0 aromatic rings. The second-order valence-electron chi connectivity index (χ2n) is 5.13. The fourth-order valence-electron chi connectivity index (χ4n) is 1.35. The van der Waals surface area contributed by atoms with E-state index in [0.717, 1.165) is 0 Å². The summed E-state index contributed by atoms with van der Waals surface area (Å²) in [6, 6.07) is 0. The second-order valence-corrected chi connectivity index (χ2v) is 5.13. The van der Waals surface area contributed by atoms with E-state index in [1.807, 2.05) is 27.7 Å². The lowest BCUT2D eigenvalue weighted by atomic mass is 9.96. The lowest BCUT2D eigenvalue weighted by Crippen LogP contribution is -2.39. The zero-order valence-electron chi connectivity index (χ0n) is 11.2. The fourth-order valence-corrected chi connectivity index (χ4v) is 1.35. The van der Waals surface area contributed by atoms with E-state index in [0.29, 0.717) is 0 Å². The van der Waals surface area contributed by atoms with Gasteiger partial charge in [0.2, 0.25) is 5.91 Å². The van der Waals surface area contributed by atoms with Gasteiger partial charge in [0.05, 0.1) is 17.9 Å². The normalized spacial score (nSPS) is 13.5. The van der Waals surface area contributed by atoms with Crippen molar-refractivity contribution in [3.05, 3.63) is 0 Å². The Labute approximate surface area is 103 Å². The minimum absolute atomic E-state index is 0.0109. The highest BCUT2D eigenvalue weighted by molar-refractivity contribution is 5.78. The summed E-state index contributed by atoms with van der Waals surface area (Å²) < 4.78 is 5.13. The van der Waals surface area contributed by atoms with Crippen LogP contribution in [-0.2, 0) is 14.3 Å². The number of ether oxygens (including phenoxy) is 1. The molecule has 1 unspecified atom stereocenters. The summed E-state index contributed by atoms with van der Waals surface area (Å²) in [6.45, 7) is 7.42. The highest BCUT2D eigenvalue weighted by Gasteiger charge is 2.24. The van der Waals surface area contributed by atoms with Crippen molar-refractivity contribution in [2.75, 3.05) is 13.7 Å². The minimum atomic E-state index is -0.883. The van der Waals surface area contributed by atoms with Crippen molar-refractivity contribution < 1.29 is 19.4 Å². The van der Waals surface area contributed by atoms with Crippen LogP contribution in [0.2, 0.25) is 0 Å². The highest BCUT2D eigenvalue weighted by Crippen LogP contribution is 2.13. The number of carboxylic acid groups (broad SMARTS) is 1. The SMILES string of the molecule is COC(C)(C)CC(=O)NCC(C(=O)O)C(C)C. The maximum atomic E-state index is 11.6. The first-order valence-corrected chi connectivity index (χ1v) is 5.74. The Morgan fingerprint density at radius 1 is 1.35 bits per heavy atom. The van der Waals surface area contributed by atoms with Crippen molar-refractivity contribution in [2.45, 2.75) is 39.7 Å². The molecule has 0 heterocycles. The van der Waals surface area contributed by atoms with E-state index in [1.54, 1.807) is 7.11 Å². The number of nitrogens with one attached hydrogen (secondary N) is 1. The van der Waals surface area contributed by atoms with E-state index in [2.05, 4.69) is 5.32 Å². The van der Waals surface area contributed by atoms with Gasteiger partial charge in [0.25, 0.3) is 0 Å². The Balaban J connectivity index is 4.19. The van der Waals surface area contributed by atoms with Crippen LogP contribution in [0, 0.1) is 11.8 Å². The van der Waals surface area contributed by atoms with Crippen LogP contribution in [0.4, 0.5) is 0 Å². The van der Waals surface area contributed by atoms with Crippen LogP contribution < -0.4 is 5.32 Å². The van der Waals surface area contributed by atoms with Gasteiger partial charge in [-0.3, -0.25) is 9.59 Å². The van der Waals surface area contributed by atoms with Gasteiger partial charge in [0, 0.05) is 13.7 Å². The van der Waals surface area contributed by atoms with Gasteiger partial charge in [-0.15, -0.1) is 0 Å². The molecule has 0 aromatic carbocycles. The standard InChI is InChI=1S/C12H23NO4/c1-8(2)9(11(15)16)7-13-10(14)6-12(3,4)17-5/h8-9H,6-7H2,1-5H3,(H,13,14)(H,15,16). The van der Waals surface area contributed by atoms with Gasteiger partial charge in [0.1, 0.15) is 0 Å². The van der Waals surface area contributed by atoms with Crippen molar-refractivity contribution in [3.63, 3.8) is 0 Å². The number of amides is 1. The Kier molecular flexibility index (Phi) is 6.16. The monoisotopic (exact) mass is 245 g/mol. The molecule has 0 aromatic heterocycles. The molecule has 0 rings (SSSR count). The third-order valence-electron chi connectivity index (χ3n) is 2.78. The zero-order chi connectivity index (χ0) is 13.6. The van der Waals surface area contributed by atoms with E-state index in [-0.39, 0.29) is 24.8 Å². The van der Waals surface area contributed by atoms with E-state index in [1.165, 1.54) is 0 Å². The van der Waals surface area contributed by atoms with Crippen LogP contribution in [0.1, 0.15) is 34.1 Å². The van der Waals surface area contributed by atoms with E-state index in [9.17, 15) is 9.59 Å². The molecule has 0 spiro atoms. The molecule has 0 radical (unpaired) electrons. The number of hydrogen-bond donors (Lipinski definition) is 2. The number of hydrogen-bond acceptors (Lipinski definition) is 3. The van der Waals surface area contributed by atoms with Gasteiger partial charge in [0.15, 0.2) is 0 Å². The van der Waals surface area contributed by atoms with Crippen LogP contribution in [0.15, 0.2) is 0 Å². The fraction of sp³-hybridized carbons (Fsp3) is 0.833. The average Bonchev–Trinajstić information content (AvgIpc) is 2.16. The molecule has 0 saturated heterocycles. The number of methoxy groups -OCH3 is 1. The maximum Gasteiger partial charge on any atom is 0.308 e. The Morgan fingerprint density at radius 3 is 2.24 bits per heavy atom. The Bertz CT molecular complexity index is 274. The molecule has 100 valence electrons. The topological polar surface area (TPSA) is 75.6 Å². The molecule has 0 aliphatic heterocycles. The zero-order valence-corrected chi connectivity index (χ0v) is 11.2. The molecular formula is C12H23NO4. The quantitative estimate of drug-likeness (QED) is 0.708. The maximum absolute atomic E-state index is 11.6. The van der Waals surface area contributed by atoms with Crippen LogP contribution >= 0.6 is 0 Å². The third kappa shape index (κ3) is 6.26. The predicted molar refractivity (Wildman–Crippen MR) is 64.7 cm³/mol. The Morgan fingerprint density at radius 2 is 1.88 bits per heavy atom. The van der Waals surface area contributed by atoms with Crippen molar-refractivity contribution in [1.29, 1.82) is 0 Å². The van der Waals surface area contributed by atoms with Gasteiger partial charge in [-0.05, 0) is 19.8 Å². The number of carbonyl (C=O) groups excluding carboxylic acids is 1. The summed E-state index contributed by atoms with van der Waals surface area (Å²) >= 11 is 0. The second kappa shape index (κ2) is 6.59. The Hall–Kier alpha value is -1.10.